The van der Waals surface area contributed by atoms with Crippen molar-refractivity contribution in [2.45, 2.75) is 38.6 Å². The smallest absolute Gasteiger partial charge is 0.222 e. The lowest BCUT2D eigenvalue weighted by Crippen LogP contribution is -2.45. The average molecular weight is 339 g/mol. The molecular formula is C16H23BrN2O. The number of hydrogen-bond donors (Lipinski definition) is 1. The van der Waals surface area contributed by atoms with Gasteiger partial charge in [0.15, 0.2) is 0 Å². The summed E-state index contributed by atoms with van der Waals surface area (Å²) in [5, 5.41) is 0. The summed E-state index contributed by atoms with van der Waals surface area (Å²) in [6.45, 7) is 3.75. The van der Waals surface area contributed by atoms with Crippen LogP contribution in [0, 0.1) is 5.92 Å². The van der Waals surface area contributed by atoms with Crippen LogP contribution >= 0.6 is 15.9 Å². The van der Waals surface area contributed by atoms with Crippen LogP contribution in [0.25, 0.3) is 0 Å². The normalized spacial score (nSPS) is 20.8. The van der Waals surface area contributed by atoms with Crippen LogP contribution in [0.2, 0.25) is 0 Å². The highest BCUT2D eigenvalue weighted by molar-refractivity contribution is 9.10. The number of rotatable bonds is 4. The van der Waals surface area contributed by atoms with E-state index in [0.717, 1.165) is 36.8 Å². The molecule has 0 aromatic heterocycles. The molecule has 3 nitrogen and oxygen atoms in total. The first kappa shape index (κ1) is 15.5. The first-order valence-electron chi connectivity index (χ1n) is 7.34. The standard InChI is InChI=1S/C16H23BrN2O/c1-12(18)14-6-4-10-19(11-14)16(20)9-8-13-5-2-3-7-15(13)17/h2-3,5,7,12,14H,4,6,8-11,18H2,1H3/t12-,14+/m1/s1. The molecule has 0 radical (unpaired) electrons. The summed E-state index contributed by atoms with van der Waals surface area (Å²) in [5.74, 6) is 0.710. The molecule has 1 amide bonds. The Kier molecular flexibility index (Phi) is 5.61. The monoisotopic (exact) mass is 338 g/mol. The van der Waals surface area contributed by atoms with Crippen LogP contribution in [0.3, 0.4) is 0 Å². The highest BCUT2D eigenvalue weighted by Gasteiger charge is 2.25. The highest BCUT2D eigenvalue weighted by Crippen LogP contribution is 2.21. The van der Waals surface area contributed by atoms with E-state index in [9.17, 15) is 4.79 Å². The second-order valence-corrected chi connectivity index (χ2v) is 6.55. The molecule has 1 saturated heterocycles. The number of halogens is 1. The quantitative estimate of drug-likeness (QED) is 0.917. The maximum absolute atomic E-state index is 12.3. The van der Waals surface area contributed by atoms with Crippen molar-refractivity contribution in [3.8, 4) is 0 Å². The zero-order valence-electron chi connectivity index (χ0n) is 12.0. The maximum Gasteiger partial charge on any atom is 0.222 e. The van der Waals surface area contributed by atoms with Crippen LogP contribution in [-0.4, -0.2) is 29.9 Å². The number of nitrogens with two attached hydrogens (primary N) is 1. The van der Waals surface area contributed by atoms with Crippen LogP contribution in [-0.2, 0) is 11.2 Å². The SMILES string of the molecule is C[C@@H](N)[C@H]1CCCN(C(=O)CCc2ccccc2Br)C1. The topological polar surface area (TPSA) is 46.3 Å². The lowest BCUT2D eigenvalue weighted by Gasteiger charge is -2.34. The summed E-state index contributed by atoms with van der Waals surface area (Å²) in [7, 11) is 0. The van der Waals surface area contributed by atoms with Gasteiger partial charge < -0.3 is 10.6 Å². The van der Waals surface area contributed by atoms with Gasteiger partial charge in [-0.05, 0) is 43.7 Å². The lowest BCUT2D eigenvalue weighted by atomic mass is 9.92. The lowest BCUT2D eigenvalue weighted by molar-refractivity contribution is -0.133. The Bertz CT molecular complexity index is 462. The van der Waals surface area contributed by atoms with Gasteiger partial charge in [0.1, 0.15) is 0 Å². The fraction of sp³-hybridized carbons (Fsp3) is 0.562. The summed E-state index contributed by atoms with van der Waals surface area (Å²) in [6, 6.07) is 8.27. The third-order valence-corrected chi connectivity index (χ3v) is 4.89. The van der Waals surface area contributed by atoms with Crippen LogP contribution in [0.1, 0.15) is 31.7 Å². The van der Waals surface area contributed by atoms with E-state index >= 15 is 0 Å². The molecule has 0 bridgehead atoms. The van der Waals surface area contributed by atoms with Crippen molar-refractivity contribution in [2.75, 3.05) is 13.1 Å². The summed E-state index contributed by atoms with van der Waals surface area (Å²) in [4.78, 5) is 14.3. The largest absolute Gasteiger partial charge is 0.342 e. The molecule has 1 heterocycles. The zero-order chi connectivity index (χ0) is 14.5. The second kappa shape index (κ2) is 7.23. The van der Waals surface area contributed by atoms with Crippen molar-refractivity contribution in [1.82, 2.24) is 4.90 Å². The molecule has 20 heavy (non-hydrogen) atoms. The molecule has 2 rings (SSSR count). The van der Waals surface area contributed by atoms with Gasteiger partial charge in [0, 0.05) is 30.0 Å². The molecule has 0 aliphatic carbocycles. The number of aryl methyl sites for hydroxylation is 1. The Morgan fingerprint density at radius 2 is 2.25 bits per heavy atom. The zero-order valence-corrected chi connectivity index (χ0v) is 13.6. The Hall–Kier alpha value is -0.870. The first-order valence-corrected chi connectivity index (χ1v) is 8.14. The minimum Gasteiger partial charge on any atom is -0.342 e. The van der Waals surface area contributed by atoms with Crippen molar-refractivity contribution in [2.24, 2.45) is 11.7 Å². The van der Waals surface area contributed by atoms with Crippen LogP contribution < -0.4 is 5.73 Å². The number of piperidine rings is 1. The maximum atomic E-state index is 12.3. The minimum absolute atomic E-state index is 0.175. The van der Waals surface area contributed by atoms with E-state index in [1.165, 1.54) is 5.56 Å². The first-order chi connectivity index (χ1) is 9.58. The van der Waals surface area contributed by atoms with Gasteiger partial charge in [0.05, 0.1) is 0 Å². The van der Waals surface area contributed by atoms with Gasteiger partial charge in [0.2, 0.25) is 5.91 Å². The Morgan fingerprint density at radius 1 is 1.50 bits per heavy atom. The van der Waals surface area contributed by atoms with Crippen molar-refractivity contribution < 1.29 is 4.79 Å². The van der Waals surface area contributed by atoms with Crippen molar-refractivity contribution in [3.63, 3.8) is 0 Å². The van der Waals surface area contributed by atoms with E-state index in [0.29, 0.717) is 12.3 Å². The molecule has 1 aromatic rings. The number of nitrogens with zero attached hydrogens (tertiary/aromatic N) is 1. The van der Waals surface area contributed by atoms with E-state index in [2.05, 4.69) is 22.0 Å². The molecule has 1 fully saturated rings. The van der Waals surface area contributed by atoms with Gasteiger partial charge in [0.25, 0.3) is 0 Å². The molecule has 4 heteroatoms. The molecule has 110 valence electrons. The van der Waals surface area contributed by atoms with Gasteiger partial charge in [-0.1, -0.05) is 34.1 Å². The van der Waals surface area contributed by atoms with E-state index in [1.54, 1.807) is 0 Å². The van der Waals surface area contributed by atoms with Crippen LogP contribution in [0.15, 0.2) is 28.7 Å². The Balaban J connectivity index is 1.87. The summed E-state index contributed by atoms with van der Waals surface area (Å²) >= 11 is 3.53. The Labute approximate surface area is 129 Å². The van der Waals surface area contributed by atoms with Gasteiger partial charge in [-0.3, -0.25) is 4.79 Å². The molecule has 0 saturated carbocycles. The number of hydrogen-bond acceptors (Lipinski definition) is 2. The third kappa shape index (κ3) is 4.06. The fourth-order valence-electron chi connectivity index (χ4n) is 2.77. The fourth-order valence-corrected chi connectivity index (χ4v) is 3.25. The van der Waals surface area contributed by atoms with Crippen molar-refractivity contribution in [3.05, 3.63) is 34.3 Å². The van der Waals surface area contributed by atoms with Gasteiger partial charge in [-0.15, -0.1) is 0 Å². The number of carbonyl (C=O) groups excluding carboxylic acids is 1. The van der Waals surface area contributed by atoms with Crippen molar-refractivity contribution >= 4 is 21.8 Å². The summed E-state index contributed by atoms with van der Waals surface area (Å²) in [6.07, 6.45) is 3.59. The third-order valence-electron chi connectivity index (χ3n) is 4.12. The number of likely N-dealkylation sites (tertiary alicyclic amines) is 1. The van der Waals surface area contributed by atoms with Crippen molar-refractivity contribution in [1.29, 1.82) is 0 Å². The second-order valence-electron chi connectivity index (χ2n) is 5.69. The molecular weight excluding hydrogens is 316 g/mol. The summed E-state index contributed by atoms with van der Waals surface area (Å²) < 4.78 is 1.08. The molecule has 1 aliphatic heterocycles. The predicted octanol–water partition coefficient (Wildman–Crippen LogP) is 2.97. The molecule has 0 unspecified atom stereocenters. The van der Waals surface area contributed by atoms with E-state index in [1.807, 2.05) is 30.0 Å². The van der Waals surface area contributed by atoms with Gasteiger partial charge in [-0.2, -0.15) is 0 Å². The molecule has 1 aliphatic rings. The molecule has 2 N–H and O–H groups in total. The van der Waals surface area contributed by atoms with E-state index in [-0.39, 0.29) is 11.9 Å². The van der Waals surface area contributed by atoms with Crippen LogP contribution in [0.4, 0.5) is 0 Å². The summed E-state index contributed by atoms with van der Waals surface area (Å²) in [5.41, 5.74) is 7.17. The van der Waals surface area contributed by atoms with E-state index < -0.39 is 0 Å². The number of amides is 1. The molecule has 2 atom stereocenters. The number of carbonyl (C=O) groups is 1. The van der Waals surface area contributed by atoms with E-state index in [4.69, 9.17) is 5.73 Å². The molecule has 1 aromatic carbocycles. The predicted molar refractivity (Wildman–Crippen MR) is 85.4 cm³/mol. The highest BCUT2D eigenvalue weighted by atomic mass is 79.9. The average Bonchev–Trinajstić information content (AvgIpc) is 2.46. The van der Waals surface area contributed by atoms with Crippen LogP contribution in [0.5, 0.6) is 0 Å². The minimum atomic E-state index is 0.175. The van der Waals surface area contributed by atoms with Gasteiger partial charge in [-0.25, -0.2) is 0 Å². The molecule has 0 spiro atoms. The van der Waals surface area contributed by atoms with Gasteiger partial charge >= 0.3 is 0 Å². The number of benzene rings is 1. The Morgan fingerprint density at radius 3 is 2.95 bits per heavy atom.